The normalized spacial score (nSPS) is 12.6. The summed E-state index contributed by atoms with van der Waals surface area (Å²) in [6.45, 7) is 15.7. The van der Waals surface area contributed by atoms with Crippen LogP contribution in [0.2, 0.25) is 0 Å². The van der Waals surface area contributed by atoms with Crippen LogP contribution in [0.1, 0.15) is 52.7 Å². The van der Waals surface area contributed by atoms with Crippen LogP contribution in [0.15, 0.2) is 194 Å². The molecular formula is C62H51N4OPt-3. The van der Waals surface area contributed by atoms with Gasteiger partial charge in [0.05, 0.1) is 0 Å². The standard InChI is InChI=1S/C62H51N4O.Pt/c1-61(2,3)45-33-31-44(32-34-45)50-27-18-26-49(42-19-9-7-10-20-42)60(50)65-41-64(56-29-15-16-30-57(56)65)46-23-17-24-47(37-46)67-48-35-36-52-51-25-13-14-28-55(51)66(58(52)38-48)59-39-54(62(4,5)6)53(40-63-59)43-21-11-8-12-22-43;/h7-36,39-41H,1-6H3;/q-3;. The first kappa shape index (κ1) is 44.6. The van der Waals surface area contributed by atoms with Gasteiger partial charge in [0.2, 0.25) is 0 Å². The Bertz CT molecular complexity index is 3440. The molecule has 0 fully saturated rings. The summed E-state index contributed by atoms with van der Waals surface area (Å²) in [4.78, 5) is 9.67. The molecular weight excluding hydrogens is 1010 g/mol. The average molecular weight is 1060 g/mol. The SMILES string of the molecule is CC(C)(C)c1ccc(-c2cccc(-c3ccccc3)c2N2[CH-]N(c3[c-]c(Oc4[c-]c5c(cc4)c4ccccc4n5-c4cc(C(C)(C)C)c(-c5ccccc5)cn4)ccc3)c3ccccc32)cc1.[Pt]. The Morgan fingerprint density at radius 2 is 1.09 bits per heavy atom. The summed E-state index contributed by atoms with van der Waals surface area (Å²) >= 11 is 0. The van der Waals surface area contributed by atoms with Crippen molar-refractivity contribution in [2.45, 2.75) is 52.4 Å². The second kappa shape index (κ2) is 17.8. The van der Waals surface area contributed by atoms with Crippen molar-refractivity contribution in [1.29, 1.82) is 0 Å². The molecule has 2 aromatic heterocycles. The van der Waals surface area contributed by atoms with Crippen LogP contribution in [0, 0.1) is 18.8 Å². The summed E-state index contributed by atoms with van der Waals surface area (Å²) in [6, 6.07) is 73.7. The maximum Gasteiger partial charge on any atom is 0.135 e. The first-order valence-electron chi connectivity index (χ1n) is 23.0. The first-order chi connectivity index (χ1) is 32.5. The fourth-order valence-electron chi connectivity index (χ4n) is 9.48. The number of hydrogen-bond donors (Lipinski definition) is 0. The summed E-state index contributed by atoms with van der Waals surface area (Å²) in [5.74, 6) is 2.02. The molecule has 0 unspecified atom stereocenters. The number of anilines is 4. The number of hydrogen-bond acceptors (Lipinski definition) is 4. The van der Waals surface area contributed by atoms with Crippen molar-refractivity contribution >= 4 is 44.6 Å². The Morgan fingerprint density at radius 1 is 0.500 bits per heavy atom. The van der Waals surface area contributed by atoms with Crippen LogP contribution in [-0.4, -0.2) is 9.55 Å². The molecule has 5 nitrogen and oxygen atoms in total. The predicted molar refractivity (Wildman–Crippen MR) is 278 cm³/mol. The number of rotatable bonds is 8. The van der Waals surface area contributed by atoms with E-state index >= 15 is 0 Å². The largest absolute Gasteiger partial charge is 0.509 e. The van der Waals surface area contributed by atoms with E-state index in [1.165, 1.54) is 11.1 Å². The minimum absolute atomic E-state index is 0. The van der Waals surface area contributed by atoms with E-state index in [2.05, 4.69) is 245 Å². The maximum absolute atomic E-state index is 6.72. The number of fused-ring (bicyclic) bond motifs is 4. The zero-order valence-corrected chi connectivity index (χ0v) is 41.3. The molecule has 0 saturated carbocycles. The van der Waals surface area contributed by atoms with E-state index in [1.807, 2.05) is 24.4 Å². The monoisotopic (exact) mass is 1060 g/mol. The predicted octanol–water partition coefficient (Wildman–Crippen LogP) is 16.6. The molecule has 0 atom stereocenters. The van der Waals surface area contributed by atoms with E-state index in [1.54, 1.807) is 0 Å². The second-order valence-electron chi connectivity index (χ2n) is 19.4. The summed E-state index contributed by atoms with van der Waals surface area (Å²) in [5, 5.41) is 2.21. The number of benzene rings is 8. The number of para-hydroxylation sites is 4. The van der Waals surface area contributed by atoms with E-state index in [0.29, 0.717) is 11.5 Å². The number of aromatic nitrogens is 2. The number of nitrogens with zero attached hydrogens (tertiary/aromatic N) is 4. The van der Waals surface area contributed by atoms with E-state index in [-0.39, 0.29) is 31.9 Å². The van der Waals surface area contributed by atoms with Gasteiger partial charge in [0, 0.05) is 78.0 Å². The van der Waals surface area contributed by atoms with Crippen LogP contribution in [0.4, 0.5) is 22.7 Å². The van der Waals surface area contributed by atoms with E-state index in [9.17, 15) is 0 Å². The molecule has 3 heterocycles. The van der Waals surface area contributed by atoms with Gasteiger partial charge in [0.1, 0.15) is 5.82 Å². The van der Waals surface area contributed by atoms with Gasteiger partial charge in [0.25, 0.3) is 0 Å². The van der Waals surface area contributed by atoms with Gasteiger partial charge in [-0.05, 0) is 68.3 Å². The van der Waals surface area contributed by atoms with Crippen molar-refractivity contribution in [3.63, 3.8) is 0 Å². The molecule has 68 heavy (non-hydrogen) atoms. The Kier molecular flexibility index (Phi) is 11.7. The third kappa shape index (κ3) is 8.20. The van der Waals surface area contributed by atoms with Crippen molar-refractivity contribution in [3.8, 4) is 50.7 Å². The molecule has 0 saturated heterocycles. The van der Waals surface area contributed by atoms with Crippen LogP contribution < -0.4 is 14.5 Å². The van der Waals surface area contributed by atoms with Crippen molar-refractivity contribution in [1.82, 2.24) is 9.55 Å². The van der Waals surface area contributed by atoms with Gasteiger partial charge in [-0.15, -0.1) is 48.1 Å². The Labute approximate surface area is 414 Å². The van der Waals surface area contributed by atoms with Crippen molar-refractivity contribution in [3.05, 3.63) is 224 Å². The third-order valence-corrected chi connectivity index (χ3v) is 12.9. The Morgan fingerprint density at radius 3 is 1.76 bits per heavy atom. The van der Waals surface area contributed by atoms with E-state index < -0.39 is 0 Å². The quantitative estimate of drug-likeness (QED) is 0.142. The molecule has 0 amide bonds. The Balaban J connectivity index is 0.00000539. The van der Waals surface area contributed by atoms with Crippen LogP contribution in [0.5, 0.6) is 11.5 Å². The molecule has 1 aliphatic rings. The molecule has 338 valence electrons. The number of ether oxygens (including phenoxy) is 1. The summed E-state index contributed by atoms with van der Waals surface area (Å²) in [5.41, 5.74) is 15.4. The van der Waals surface area contributed by atoms with Crippen LogP contribution >= 0.6 is 0 Å². The Hall–Kier alpha value is -7.20. The zero-order chi connectivity index (χ0) is 45.9. The molecule has 6 heteroatoms. The van der Waals surface area contributed by atoms with Gasteiger partial charge in [-0.25, -0.2) is 4.98 Å². The topological polar surface area (TPSA) is 33.5 Å². The van der Waals surface area contributed by atoms with Crippen molar-refractivity contribution < 1.29 is 25.8 Å². The van der Waals surface area contributed by atoms with Gasteiger partial charge in [-0.3, -0.25) is 0 Å². The fraction of sp³-hybridized carbons (Fsp3) is 0.129. The summed E-state index contributed by atoms with van der Waals surface area (Å²) in [6.07, 6.45) is 2.02. The molecule has 8 aromatic carbocycles. The molecule has 0 N–H and O–H groups in total. The summed E-state index contributed by atoms with van der Waals surface area (Å²) in [7, 11) is 0. The second-order valence-corrected chi connectivity index (χ2v) is 19.4. The minimum Gasteiger partial charge on any atom is -0.509 e. The fourth-order valence-corrected chi connectivity index (χ4v) is 9.48. The first-order valence-corrected chi connectivity index (χ1v) is 23.0. The maximum atomic E-state index is 6.72. The summed E-state index contributed by atoms with van der Waals surface area (Å²) < 4.78 is 8.93. The minimum atomic E-state index is -0.128. The van der Waals surface area contributed by atoms with E-state index in [4.69, 9.17) is 9.72 Å². The molecule has 0 spiro atoms. The van der Waals surface area contributed by atoms with Gasteiger partial charge >= 0.3 is 0 Å². The molecule has 1 aliphatic heterocycles. The molecule has 11 rings (SSSR count). The van der Waals surface area contributed by atoms with Gasteiger partial charge in [-0.2, -0.15) is 12.1 Å². The van der Waals surface area contributed by atoms with Gasteiger partial charge < -0.3 is 19.1 Å². The van der Waals surface area contributed by atoms with Crippen LogP contribution in [0.25, 0.3) is 61.0 Å². The average Bonchev–Trinajstić information content (AvgIpc) is 3.90. The molecule has 0 aliphatic carbocycles. The number of pyridine rings is 1. The third-order valence-electron chi connectivity index (χ3n) is 12.9. The molecule has 10 aromatic rings. The van der Waals surface area contributed by atoms with Gasteiger partial charge in [0.15, 0.2) is 0 Å². The van der Waals surface area contributed by atoms with Crippen LogP contribution in [0.3, 0.4) is 0 Å². The smallest absolute Gasteiger partial charge is 0.135 e. The zero-order valence-electron chi connectivity index (χ0n) is 39.1. The molecule has 0 bridgehead atoms. The van der Waals surface area contributed by atoms with Crippen LogP contribution in [-0.2, 0) is 31.9 Å². The van der Waals surface area contributed by atoms with Crippen molar-refractivity contribution in [2.75, 3.05) is 9.80 Å². The van der Waals surface area contributed by atoms with E-state index in [0.717, 1.165) is 83.8 Å². The molecule has 0 radical (unpaired) electrons. The van der Waals surface area contributed by atoms with Gasteiger partial charge in [-0.1, -0.05) is 181 Å². The van der Waals surface area contributed by atoms with Crippen molar-refractivity contribution in [2.24, 2.45) is 0 Å².